The van der Waals surface area contributed by atoms with Gasteiger partial charge in [0.15, 0.2) is 12.2 Å². The molecular weight excluding hydrogens is 410 g/mol. The van der Waals surface area contributed by atoms with Gasteiger partial charge in [0, 0.05) is 49.1 Å². The molecule has 32 heavy (non-hydrogen) atoms. The molecule has 2 saturated heterocycles. The Morgan fingerprint density at radius 1 is 1.19 bits per heavy atom. The van der Waals surface area contributed by atoms with Crippen molar-refractivity contribution < 1.29 is 24.2 Å². The van der Waals surface area contributed by atoms with Crippen molar-refractivity contribution in [3.8, 4) is 17.7 Å². The molecule has 4 rings (SSSR count). The molecule has 2 fully saturated rings. The van der Waals surface area contributed by atoms with E-state index in [1.165, 1.54) is 0 Å². The minimum absolute atomic E-state index is 0.0299. The molecule has 2 amide bonds. The van der Waals surface area contributed by atoms with E-state index in [0.717, 1.165) is 36.9 Å². The third-order valence-electron chi connectivity index (χ3n) is 6.38. The zero-order chi connectivity index (χ0) is 22.7. The van der Waals surface area contributed by atoms with Gasteiger partial charge in [-0.15, -0.1) is 0 Å². The van der Waals surface area contributed by atoms with Gasteiger partial charge >= 0.3 is 0 Å². The predicted molar refractivity (Wildman–Crippen MR) is 119 cm³/mol. The first-order valence-electron chi connectivity index (χ1n) is 10.9. The van der Waals surface area contributed by atoms with Crippen LogP contribution in [0.5, 0.6) is 5.88 Å². The number of likely N-dealkylation sites (tertiary alicyclic amines) is 1. The summed E-state index contributed by atoms with van der Waals surface area (Å²) in [6.45, 7) is 2.62. The molecule has 8 heteroatoms. The number of fused-ring (bicyclic) bond motifs is 1. The van der Waals surface area contributed by atoms with Crippen LogP contribution in [0, 0.1) is 17.8 Å². The predicted octanol–water partition coefficient (Wildman–Crippen LogP) is 2.01. The van der Waals surface area contributed by atoms with Crippen molar-refractivity contribution in [1.82, 2.24) is 14.8 Å². The summed E-state index contributed by atoms with van der Waals surface area (Å²) in [6, 6.07) is 5.02. The van der Waals surface area contributed by atoms with E-state index in [0.29, 0.717) is 24.3 Å². The number of hydrogen-bond donors (Lipinski definition) is 2. The van der Waals surface area contributed by atoms with E-state index in [1.807, 2.05) is 18.2 Å². The van der Waals surface area contributed by atoms with Crippen molar-refractivity contribution in [2.45, 2.75) is 38.0 Å². The van der Waals surface area contributed by atoms with Gasteiger partial charge in [-0.1, -0.05) is 11.8 Å². The summed E-state index contributed by atoms with van der Waals surface area (Å²) in [6.07, 6.45) is 4.29. The largest absolute Gasteiger partial charge is 0.494 e. The molecule has 2 aromatic rings. The fourth-order valence-corrected chi connectivity index (χ4v) is 4.60. The van der Waals surface area contributed by atoms with Crippen LogP contribution in [0.2, 0.25) is 0 Å². The minimum atomic E-state index is -0.589. The lowest BCUT2D eigenvalue weighted by molar-refractivity contribution is -0.146. The van der Waals surface area contributed by atoms with E-state index in [2.05, 4.69) is 22.1 Å². The molecule has 8 nitrogen and oxygen atoms in total. The van der Waals surface area contributed by atoms with E-state index in [-0.39, 0.29) is 30.4 Å². The maximum absolute atomic E-state index is 12.2. The number of carbonyl (C=O) groups is 2. The average Bonchev–Trinajstić information content (AvgIpc) is 3.11. The van der Waals surface area contributed by atoms with Gasteiger partial charge in [0.05, 0.1) is 6.54 Å². The number of benzene rings is 1. The van der Waals surface area contributed by atoms with E-state index in [4.69, 9.17) is 9.47 Å². The van der Waals surface area contributed by atoms with Crippen molar-refractivity contribution in [1.29, 1.82) is 0 Å². The topological polar surface area (TPSA) is 93.0 Å². The maximum atomic E-state index is 12.2. The molecule has 0 bridgehead atoms. The fraction of sp³-hybridized carbons (Fsp3) is 0.500. The minimum Gasteiger partial charge on any atom is -0.494 e. The molecular formula is C24H29N3O5. The quantitative estimate of drug-likeness (QED) is 0.421. The zero-order valence-electron chi connectivity index (χ0n) is 18.5. The van der Waals surface area contributed by atoms with Crippen molar-refractivity contribution in [2.75, 3.05) is 33.9 Å². The van der Waals surface area contributed by atoms with Gasteiger partial charge in [-0.25, -0.2) is 0 Å². The molecule has 170 valence electrons. The molecule has 2 aliphatic heterocycles. The second-order valence-electron chi connectivity index (χ2n) is 8.38. The molecule has 3 heterocycles. The molecule has 1 unspecified atom stereocenters. The Hall–Kier alpha value is -2.86. The Morgan fingerprint density at radius 3 is 2.62 bits per heavy atom. The number of nitrogens with zero attached hydrogens (tertiary/aromatic N) is 2. The van der Waals surface area contributed by atoms with E-state index in [9.17, 15) is 14.7 Å². The third kappa shape index (κ3) is 4.65. The van der Waals surface area contributed by atoms with Crippen LogP contribution in [0.25, 0.3) is 10.8 Å². The Bertz CT molecular complexity index is 1050. The number of methoxy groups -OCH3 is 2. The average molecular weight is 440 g/mol. The summed E-state index contributed by atoms with van der Waals surface area (Å²) in [7, 11) is 3.36. The van der Waals surface area contributed by atoms with E-state index in [1.54, 1.807) is 25.0 Å². The number of carbonyl (C=O) groups excluding carboxylic acids is 2. The molecule has 0 saturated carbocycles. The number of piperidine rings is 2. The van der Waals surface area contributed by atoms with Crippen molar-refractivity contribution >= 4 is 22.6 Å². The molecule has 2 aliphatic rings. The van der Waals surface area contributed by atoms with Crippen LogP contribution in [0.3, 0.4) is 0 Å². The molecule has 1 aromatic carbocycles. The lowest BCUT2D eigenvalue weighted by atomic mass is 9.96. The van der Waals surface area contributed by atoms with Crippen molar-refractivity contribution in [2.24, 2.45) is 5.92 Å². The molecule has 0 aliphatic carbocycles. The number of aromatic nitrogens is 1. The van der Waals surface area contributed by atoms with Gasteiger partial charge < -0.3 is 19.1 Å². The summed E-state index contributed by atoms with van der Waals surface area (Å²) in [5.74, 6) is 6.24. The first-order valence-corrected chi connectivity index (χ1v) is 10.9. The highest BCUT2D eigenvalue weighted by atomic mass is 16.7. The number of ether oxygens (including phenoxy) is 2. The fourth-order valence-electron chi connectivity index (χ4n) is 4.60. The van der Waals surface area contributed by atoms with Crippen LogP contribution >= 0.6 is 0 Å². The number of rotatable bonds is 5. The monoisotopic (exact) mass is 439 g/mol. The Labute approximate surface area is 187 Å². The first kappa shape index (κ1) is 22.3. The molecule has 1 atom stereocenters. The summed E-state index contributed by atoms with van der Waals surface area (Å²) in [5.41, 5.74) is 0.853. The maximum Gasteiger partial charge on any atom is 0.249 e. The van der Waals surface area contributed by atoms with Crippen LogP contribution < -0.4 is 5.32 Å². The van der Waals surface area contributed by atoms with Crippen LogP contribution in [0.1, 0.15) is 37.3 Å². The van der Waals surface area contributed by atoms with Crippen molar-refractivity contribution in [3.63, 3.8) is 0 Å². The van der Waals surface area contributed by atoms with Crippen LogP contribution in [-0.4, -0.2) is 66.5 Å². The highest BCUT2D eigenvalue weighted by Gasteiger charge is 2.30. The van der Waals surface area contributed by atoms with Gasteiger partial charge in [0.1, 0.15) is 6.04 Å². The Balaban J connectivity index is 1.41. The first-order chi connectivity index (χ1) is 15.5. The summed E-state index contributed by atoms with van der Waals surface area (Å²) < 4.78 is 12.3. The van der Waals surface area contributed by atoms with Gasteiger partial charge in [-0.05, 0) is 50.6 Å². The lowest BCUT2D eigenvalue weighted by Gasteiger charge is -2.33. The van der Waals surface area contributed by atoms with Gasteiger partial charge in [0.25, 0.3) is 0 Å². The summed E-state index contributed by atoms with van der Waals surface area (Å²) in [5, 5.41) is 14.4. The molecule has 0 radical (unpaired) electrons. The Kier molecular flexibility index (Phi) is 6.80. The van der Waals surface area contributed by atoms with E-state index < -0.39 is 6.04 Å². The molecule has 1 aromatic heterocycles. The zero-order valence-corrected chi connectivity index (χ0v) is 18.5. The van der Waals surface area contributed by atoms with Crippen LogP contribution in [0.4, 0.5) is 0 Å². The lowest BCUT2D eigenvalue weighted by Crippen LogP contribution is -2.41. The van der Waals surface area contributed by atoms with Crippen LogP contribution in [0.15, 0.2) is 24.4 Å². The standard InChI is InChI=1S/C24H29N3O5/c1-31-24(32-2)17-9-12-26(13-10-17)11-3-4-16-5-6-19-18(14-16)15-27(23(19)30)20-7-8-21(28)25-22(20)29/h5-6,14-15,17,20,24,30H,7-13H2,1-2H3,(H,25,28,29). The number of aromatic hydroxyl groups is 1. The van der Waals surface area contributed by atoms with Crippen molar-refractivity contribution in [3.05, 3.63) is 30.0 Å². The number of amides is 2. The summed E-state index contributed by atoms with van der Waals surface area (Å²) in [4.78, 5) is 25.9. The van der Waals surface area contributed by atoms with E-state index >= 15 is 0 Å². The molecule has 0 spiro atoms. The van der Waals surface area contributed by atoms with Gasteiger partial charge in [-0.3, -0.25) is 19.8 Å². The SMILES string of the molecule is COC(OC)C1CCN(CC#Cc2ccc3c(O)n(C4CCC(=O)NC4=O)cc3c2)CC1. The number of imide groups is 1. The second kappa shape index (κ2) is 9.74. The summed E-state index contributed by atoms with van der Waals surface area (Å²) >= 11 is 0. The normalized spacial score (nSPS) is 20.4. The second-order valence-corrected chi connectivity index (χ2v) is 8.38. The smallest absolute Gasteiger partial charge is 0.249 e. The number of hydrogen-bond acceptors (Lipinski definition) is 6. The highest BCUT2D eigenvalue weighted by Crippen LogP contribution is 2.33. The molecule has 2 N–H and O–H groups in total. The van der Waals surface area contributed by atoms with Crippen LogP contribution in [-0.2, 0) is 19.1 Å². The highest BCUT2D eigenvalue weighted by molar-refractivity contribution is 6.00. The van der Waals surface area contributed by atoms with Gasteiger partial charge in [0.2, 0.25) is 11.8 Å². The number of nitrogens with one attached hydrogen (secondary N) is 1. The van der Waals surface area contributed by atoms with Gasteiger partial charge in [-0.2, -0.15) is 0 Å². The third-order valence-corrected chi connectivity index (χ3v) is 6.38. The Morgan fingerprint density at radius 2 is 1.94 bits per heavy atom.